The van der Waals surface area contributed by atoms with Gasteiger partial charge in [0.1, 0.15) is 0 Å². The number of alkyl halides is 3. The van der Waals surface area contributed by atoms with Crippen LogP contribution < -0.4 is 5.32 Å². The minimum absolute atomic E-state index is 0.0424. The SMILES string of the molecule is O=C(Nc1ccc(-c2cc(C(F)(F)F)ccc2Cl)cc1)C1CC=CCC1. The maximum atomic E-state index is 12.9. The molecule has 2 aromatic rings. The molecule has 3 rings (SSSR count). The van der Waals surface area contributed by atoms with E-state index in [1.165, 1.54) is 6.07 Å². The number of rotatable bonds is 3. The molecule has 0 saturated carbocycles. The second-order valence-electron chi connectivity index (χ2n) is 6.24. The second-order valence-corrected chi connectivity index (χ2v) is 6.65. The summed E-state index contributed by atoms with van der Waals surface area (Å²) >= 11 is 6.06. The monoisotopic (exact) mass is 379 g/mol. The van der Waals surface area contributed by atoms with Gasteiger partial charge in [0.15, 0.2) is 0 Å². The van der Waals surface area contributed by atoms with Gasteiger partial charge in [0, 0.05) is 22.2 Å². The van der Waals surface area contributed by atoms with Crippen molar-refractivity contribution >= 4 is 23.2 Å². The van der Waals surface area contributed by atoms with Gasteiger partial charge in [-0.15, -0.1) is 0 Å². The van der Waals surface area contributed by atoms with E-state index in [1.54, 1.807) is 24.3 Å². The highest BCUT2D eigenvalue weighted by Crippen LogP contribution is 2.36. The summed E-state index contributed by atoms with van der Waals surface area (Å²) in [6.45, 7) is 0. The van der Waals surface area contributed by atoms with E-state index in [1.807, 2.05) is 6.08 Å². The molecule has 2 nitrogen and oxygen atoms in total. The van der Waals surface area contributed by atoms with Crippen molar-refractivity contribution in [3.05, 3.63) is 65.2 Å². The molecule has 2 aromatic carbocycles. The molecule has 0 radical (unpaired) electrons. The van der Waals surface area contributed by atoms with Crippen LogP contribution in [-0.4, -0.2) is 5.91 Å². The zero-order chi connectivity index (χ0) is 18.7. The lowest BCUT2D eigenvalue weighted by atomic mass is 9.93. The lowest BCUT2D eigenvalue weighted by Crippen LogP contribution is -2.23. The minimum Gasteiger partial charge on any atom is -0.326 e. The largest absolute Gasteiger partial charge is 0.416 e. The van der Waals surface area contributed by atoms with Crippen molar-refractivity contribution in [2.24, 2.45) is 5.92 Å². The predicted octanol–water partition coefficient (Wildman–Crippen LogP) is 6.32. The van der Waals surface area contributed by atoms with E-state index >= 15 is 0 Å². The summed E-state index contributed by atoms with van der Waals surface area (Å²) in [6.07, 6.45) is 2.08. The molecule has 1 amide bonds. The lowest BCUT2D eigenvalue weighted by Gasteiger charge is -2.17. The molecule has 26 heavy (non-hydrogen) atoms. The summed E-state index contributed by atoms with van der Waals surface area (Å²) in [4.78, 5) is 12.2. The summed E-state index contributed by atoms with van der Waals surface area (Å²) in [7, 11) is 0. The Morgan fingerprint density at radius 2 is 1.81 bits per heavy atom. The summed E-state index contributed by atoms with van der Waals surface area (Å²) in [5, 5.41) is 3.09. The Labute approximate surface area is 154 Å². The molecule has 136 valence electrons. The Morgan fingerprint density at radius 1 is 1.08 bits per heavy atom. The fourth-order valence-electron chi connectivity index (χ4n) is 2.93. The number of hydrogen-bond donors (Lipinski definition) is 1. The first-order valence-corrected chi connectivity index (χ1v) is 8.65. The standard InChI is InChI=1S/C20H17ClF3NO/c21-18-11-8-15(20(22,23)24)12-17(18)13-6-9-16(10-7-13)25-19(26)14-4-2-1-3-5-14/h1-2,6-12,14H,3-5H2,(H,25,26). The van der Waals surface area contributed by atoms with Gasteiger partial charge in [-0.1, -0.05) is 35.9 Å². The highest BCUT2D eigenvalue weighted by Gasteiger charge is 2.31. The number of anilines is 1. The number of nitrogens with one attached hydrogen (secondary N) is 1. The molecular formula is C20H17ClF3NO. The van der Waals surface area contributed by atoms with Crippen LogP contribution in [0.3, 0.4) is 0 Å². The number of carbonyl (C=O) groups is 1. The lowest BCUT2D eigenvalue weighted by molar-refractivity contribution is -0.137. The van der Waals surface area contributed by atoms with E-state index in [0.29, 0.717) is 16.8 Å². The average molecular weight is 380 g/mol. The summed E-state index contributed by atoms with van der Waals surface area (Å²) in [5.41, 5.74) is 0.715. The smallest absolute Gasteiger partial charge is 0.326 e. The Kier molecular flexibility index (Phi) is 5.37. The third kappa shape index (κ3) is 4.28. The van der Waals surface area contributed by atoms with Crippen LogP contribution in [-0.2, 0) is 11.0 Å². The molecule has 1 atom stereocenters. The molecule has 6 heteroatoms. The van der Waals surface area contributed by atoms with Crippen molar-refractivity contribution in [2.75, 3.05) is 5.32 Å². The molecule has 0 aliphatic heterocycles. The summed E-state index contributed by atoms with van der Waals surface area (Å²) in [6, 6.07) is 9.87. The van der Waals surface area contributed by atoms with Crippen LogP contribution in [0.15, 0.2) is 54.6 Å². The molecule has 1 N–H and O–H groups in total. The van der Waals surface area contributed by atoms with Crippen LogP contribution in [0.25, 0.3) is 11.1 Å². The van der Waals surface area contributed by atoms with Crippen LogP contribution in [0, 0.1) is 5.92 Å². The highest BCUT2D eigenvalue weighted by atomic mass is 35.5. The van der Waals surface area contributed by atoms with Crippen molar-refractivity contribution in [3.8, 4) is 11.1 Å². The molecule has 0 aromatic heterocycles. The first kappa shape index (κ1) is 18.5. The maximum absolute atomic E-state index is 12.9. The van der Waals surface area contributed by atoms with Crippen LogP contribution in [0.5, 0.6) is 0 Å². The van der Waals surface area contributed by atoms with Crippen molar-refractivity contribution in [2.45, 2.75) is 25.4 Å². The van der Waals surface area contributed by atoms with E-state index < -0.39 is 11.7 Å². The zero-order valence-electron chi connectivity index (χ0n) is 13.8. The number of hydrogen-bond acceptors (Lipinski definition) is 1. The molecule has 1 unspecified atom stereocenters. The molecule has 0 bridgehead atoms. The molecule has 1 aliphatic carbocycles. The fourth-order valence-corrected chi connectivity index (χ4v) is 3.16. The third-order valence-electron chi connectivity index (χ3n) is 4.40. The van der Waals surface area contributed by atoms with Crippen molar-refractivity contribution in [1.29, 1.82) is 0 Å². The van der Waals surface area contributed by atoms with E-state index in [2.05, 4.69) is 11.4 Å². The Bertz CT molecular complexity index is 828. The molecule has 0 fully saturated rings. The van der Waals surface area contributed by atoms with Gasteiger partial charge in [-0.25, -0.2) is 0 Å². The van der Waals surface area contributed by atoms with Crippen LogP contribution >= 0.6 is 11.6 Å². The second kappa shape index (κ2) is 7.54. The number of halogens is 4. The van der Waals surface area contributed by atoms with Gasteiger partial charge < -0.3 is 5.32 Å². The van der Waals surface area contributed by atoms with Gasteiger partial charge in [0.05, 0.1) is 5.56 Å². The normalized spacial score (nSPS) is 17.2. The van der Waals surface area contributed by atoms with E-state index in [4.69, 9.17) is 11.6 Å². The Morgan fingerprint density at radius 3 is 2.42 bits per heavy atom. The van der Waals surface area contributed by atoms with Gasteiger partial charge in [0.2, 0.25) is 5.91 Å². The van der Waals surface area contributed by atoms with Gasteiger partial charge in [-0.05, 0) is 55.2 Å². The van der Waals surface area contributed by atoms with E-state index in [-0.39, 0.29) is 16.8 Å². The number of benzene rings is 2. The topological polar surface area (TPSA) is 29.1 Å². The Hall–Kier alpha value is -2.27. The predicted molar refractivity (Wildman–Crippen MR) is 97.0 cm³/mol. The first-order valence-electron chi connectivity index (χ1n) is 8.27. The summed E-state index contributed by atoms with van der Waals surface area (Å²) in [5.74, 6) is -0.0863. The minimum atomic E-state index is -4.43. The average Bonchev–Trinajstić information content (AvgIpc) is 2.62. The van der Waals surface area contributed by atoms with Gasteiger partial charge in [0.25, 0.3) is 0 Å². The quantitative estimate of drug-likeness (QED) is 0.621. The maximum Gasteiger partial charge on any atom is 0.416 e. The Balaban J connectivity index is 1.77. The van der Waals surface area contributed by atoms with Crippen LogP contribution in [0.1, 0.15) is 24.8 Å². The molecule has 0 spiro atoms. The van der Waals surface area contributed by atoms with Gasteiger partial charge in [-0.3, -0.25) is 4.79 Å². The van der Waals surface area contributed by atoms with E-state index in [9.17, 15) is 18.0 Å². The van der Waals surface area contributed by atoms with Crippen LogP contribution in [0.4, 0.5) is 18.9 Å². The molecule has 0 heterocycles. The third-order valence-corrected chi connectivity index (χ3v) is 4.73. The molecule has 0 saturated heterocycles. The van der Waals surface area contributed by atoms with Crippen molar-refractivity contribution in [1.82, 2.24) is 0 Å². The molecular weight excluding hydrogens is 363 g/mol. The van der Waals surface area contributed by atoms with Gasteiger partial charge in [-0.2, -0.15) is 13.2 Å². The summed E-state index contributed by atoms with van der Waals surface area (Å²) < 4.78 is 38.7. The molecule has 1 aliphatic rings. The number of amides is 1. The first-order chi connectivity index (χ1) is 12.3. The van der Waals surface area contributed by atoms with Crippen molar-refractivity contribution in [3.63, 3.8) is 0 Å². The van der Waals surface area contributed by atoms with Gasteiger partial charge >= 0.3 is 6.18 Å². The van der Waals surface area contributed by atoms with Crippen LogP contribution in [0.2, 0.25) is 5.02 Å². The fraction of sp³-hybridized carbons (Fsp3) is 0.250. The van der Waals surface area contributed by atoms with Crippen molar-refractivity contribution < 1.29 is 18.0 Å². The number of carbonyl (C=O) groups excluding carboxylic acids is 1. The number of allylic oxidation sites excluding steroid dienone is 2. The zero-order valence-corrected chi connectivity index (χ0v) is 14.6. The highest BCUT2D eigenvalue weighted by molar-refractivity contribution is 6.33. The van der Waals surface area contributed by atoms with E-state index in [0.717, 1.165) is 31.4 Å².